The van der Waals surface area contributed by atoms with E-state index in [0.717, 1.165) is 10.0 Å². The molecule has 0 radical (unpaired) electrons. The average molecular weight is 278 g/mol. The van der Waals surface area contributed by atoms with Crippen LogP contribution in [0.1, 0.15) is 6.42 Å². The Kier molecular flexibility index (Phi) is 6.13. The summed E-state index contributed by atoms with van der Waals surface area (Å²) in [7, 11) is 2.92. The summed E-state index contributed by atoms with van der Waals surface area (Å²) in [5.41, 5.74) is 15.1. The molecule has 8 nitrogen and oxygen atoms in total. The van der Waals surface area contributed by atoms with Crippen molar-refractivity contribution in [3.63, 3.8) is 0 Å². The molecule has 96 valence electrons. The molecule has 0 fully saturated rings. The van der Waals surface area contributed by atoms with Gasteiger partial charge >= 0.3 is 0 Å². The number of hydrazine groups is 2. The third-order valence-corrected chi connectivity index (χ3v) is 2.11. The standard InChI is InChI=1S/C7H14N6O2S2/c1-12(6(8)16)10-4(14)3-5(15)11-13(2)7(9)17/h3H2,1-2H3,(H2,8,16)(H2,9,17)(H,10,14)(H,11,15). The minimum absolute atomic E-state index is 0.0148. The number of nitrogens with one attached hydrogen (secondary N) is 2. The number of hydrogen-bond donors (Lipinski definition) is 4. The second kappa shape index (κ2) is 6.81. The van der Waals surface area contributed by atoms with E-state index in [9.17, 15) is 9.59 Å². The molecule has 10 heteroatoms. The van der Waals surface area contributed by atoms with E-state index in [1.54, 1.807) is 0 Å². The van der Waals surface area contributed by atoms with Crippen LogP contribution in [-0.4, -0.2) is 46.2 Å². The Morgan fingerprint density at radius 1 is 1.00 bits per heavy atom. The summed E-state index contributed by atoms with van der Waals surface area (Å²) in [5.74, 6) is -1.12. The Hall–Kier alpha value is -1.68. The van der Waals surface area contributed by atoms with Crippen LogP contribution < -0.4 is 22.3 Å². The zero-order valence-electron chi connectivity index (χ0n) is 9.39. The third kappa shape index (κ3) is 6.48. The van der Waals surface area contributed by atoms with Crippen molar-refractivity contribution in [3.8, 4) is 0 Å². The SMILES string of the molecule is CN(NC(=O)CC(=O)NN(C)C(N)=S)C(N)=S. The number of carbonyl (C=O) groups excluding carboxylic acids is 2. The second-order valence-corrected chi connectivity index (χ2v) is 3.88. The van der Waals surface area contributed by atoms with Crippen molar-refractivity contribution in [2.45, 2.75) is 6.42 Å². The van der Waals surface area contributed by atoms with Gasteiger partial charge in [-0.1, -0.05) is 0 Å². The molecule has 6 N–H and O–H groups in total. The number of nitrogens with zero attached hydrogens (tertiary/aromatic N) is 2. The van der Waals surface area contributed by atoms with E-state index in [-0.39, 0.29) is 10.2 Å². The molecule has 0 bridgehead atoms. The number of thiocarbonyl (C=S) groups is 2. The molecular weight excluding hydrogens is 264 g/mol. The van der Waals surface area contributed by atoms with Crippen LogP contribution in [0.2, 0.25) is 0 Å². The third-order valence-electron chi connectivity index (χ3n) is 1.57. The van der Waals surface area contributed by atoms with Crippen LogP contribution in [0, 0.1) is 0 Å². The van der Waals surface area contributed by atoms with Gasteiger partial charge in [0.05, 0.1) is 0 Å². The number of nitrogens with two attached hydrogens (primary N) is 2. The van der Waals surface area contributed by atoms with Gasteiger partial charge in [-0.25, -0.2) is 0 Å². The fourth-order valence-corrected chi connectivity index (χ4v) is 0.800. The molecule has 2 amide bonds. The Labute approximate surface area is 109 Å². The van der Waals surface area contributed by atoms with Crippen molar-refractivity contribution in [1.29, 1.82) is 0 Å². The maximum Gasteiger partial charge on any atom is 0.248 e. The fraction of sp³-hybridized carbons (Fsp3) is 0.429. The summed E-state index contributed by atoms with van der Waals surface area (Å²) in [6.07, 6.45) is -0.403. The second-order valence-electron chi connectivity index (χ2n) is 3.04. The van der Waals surface area contributed by atoms with Crippen LogP contribution in [0.4, 0.5) is 0 Å². The molecule has 0 saturated heterocycles. The molecule has 0 saturated carbocycles. The molecule has 0 heterocycles. The van der Waals surface area contributed by atoms with Gasteiger partial charge in [-0.2, -0.15) is 0 Å². The summed E-state index contributed by atoms with van der Waals surface area (Å²) in [5, 5.41) is 2.22. The zero-order chi connectivity index (χ0) is 13.6. The highest BCUT2D eigenvalue weighted by atomic mass is 32.1. The first-order chi connectivity index (χ1) is 7.73. The van der Waals surface area contributed by atoms with Gasteiger partial charge in [0.15, 0.2) is 10.2 Å². The van der Waals surface area contributed by atoms with Gasteiger partial charge in [-0.05, 0) is 24.4 Å². The molecule has 0 unspecified atom stereocenters. The fourth-order valence-electron chi connectivity index (χ4n) is 0.709. The monoisotopic (exact) mass is 278 g/mol. The Morgan fingerprint density at radius 3 is 1.53 bits per heavy atom. The topological polar surface area (TPSA) is 117 Å². The molecule has 0 atom stereocenters. The summed E-state index contributed by atoms with van der Waals surface area (Å²) in [6.45, 7) is 0. The van der Waals surface area contributed by atoms with E-state index >= 15 is 0 Å². The lowest BCUT2D eigenvalue weighted by atomic mass is 10.4. The van der Waals surface area contributed by atoms with E-state index in [1.807, 2.05) is 0 Å². The quantitative estimate of drug-likeness (QED) is 0.255. The molecule has 0 aliphatic carbocycles. The predicted octanol–water partition coefficient (Wildman–Crippen LogP) is -2.21. The predicted molar refractivity (Wildman–Crippen MR) is 70.0 cm³/mol. The highest BCUT2D eigenvalue weighted by molar-refractivity contribution is 7.80. The van der Waals surface area contributed by atoms with Crippen LogP contribution in [0.15, 0.2) is 0 Å². The summed E-state index contributed by atoms with van der Waals surface area (Å²) >= 11 is 9.20. The highest BCUT2D eigenvalue weighted by Crippen LogP contribution is 1.85. The normalized spacial score (nSPS) is 9.06. The minimum atomic E-state index is -0.561. The molecule has 17 heavy (non-hydrogen) atoms. The molecule has 0 aromatic carbocycles. The van der Waals surface area contributed by atoms with Gasteiger partial charge in [-0.3, -0.25) is 30.5 Å². The number of amides is 2. The maximum atomic E-state index is 11.3. The summed E-state index contributed by atoms with van der Waals surface area (Å²) in [4.78, 5) is 22.6. The van der Waals surface area contributed by atoms with Crippen LogP contribution in [0.25, 0.3) is 0 Å². The first kappa shape index (κ1) is 15.3. The van der Waals surface area contributed by atoms with Gasteiger partial charge in [0.2, 0.25) is 11.8 Å². The lowest BCUT2D eigenvalue weighted by Crippen LogP contribution is -2.49. The first-order valence-electron chi connectivity index (χ1n) is 4.39. The Balaban J connectivity index is 4.09. The highest BCUT2D eigenvalue weighted by Gasteiger charge is 2.13. The molecular formula is C7H14N6O2S2. The maximum absolute atomic E-state index is 11.3. The smallest absolute Gasteiger partial charge is 0.248 e. The molecule has 0 aliphatic rings. The molecule has 0 rings (SSSR count). The van der Waals surface area contributed by atoms with Crippen molar-refractivity contribution in [1.82, 2.24) is 20.9 Å². The first-order valence-corrected chi connectivity index (χ1v) is 5.21. The van der Waals surface area contributed by atoms with Crippen molar-refractivity contribution < 1.29 is 9.59 Å². The van der Waals surface area contributed by atoms with Gasteiger partial charge in [0.25, 0.3) is 0 Å². The van der Waals surface area contributed by atoms with Gasteiger partial charge in [0.1, 0.15) is 6.42 Å². The van der Waals surface area contributed by atoms with Crippen LogP contribution in [-0.2, 0) is 9.59 Å². The summed E-state index contributed by atoms with van der Waals surface area (Å²) < 4.78 is 0. The lowest BCUT2D eigenvalue weighted by Gasteiger charge is -2.19. The van der Waals surface area contributed by atoms with E-state index in [1.165, 1.54) is 14.1 Å². The summed E-state index contributed by atoms with van der Waals surface area (Å²) in [6, 6.07) is 0. The van der Waals surface area contributed by atoms with Crippen LogP contribution in [0.3, 0.4) is 0 Å². The number of hydrogen-bond acceptors (Lipinski definition) is 4. The van der Waals surface area contributed by atoms with E-state index in [0.29, 0.717) is 0 Å². The minimum Gasteiger partial charge on any atom is -0.375 e. The lowest BCUT2D eigenvalue weighted by molar-refractivity contribution is -0.132. The zero-order valence-corrected chi connectivity index (χ0v) is 11.0. The van der Waals surface area contributed by atoms with Gasteiger partial charge in [0, 0.05) is 14.1 Å². The molecule has 0 aromatic rings. The van der Waals surface area contributed by atoms with Crippen molar-refractivity contribution in [2.24, 2.45) is 11.5 Å². The molecule has 0 spiro atoms. The van der Waals surface area contributed by atoms with Gasteiger partial charge < -0.3 is 11.5 Å². The molecule has 0 aliphatic heterocycles. The van der Waals surface area contributed by atoms with Gasteiger partial charge in [-0.15, -0.1) is 0 Å². The number of carbonyl (C=O) groups is 2. The van der Waals surface area contributed by atoms with Crippen molar-refractivity contribution >= 4 is 46.5 Å². The Bertz CT molecular complexity index is 315. The van der Waals surface area contributed by atoms with Crippen LogP contribution in [0.5, 0.6) is 0 Å². The van der Waals surface area contributed by atoms with E-state index in [4.69, 9.17) is 11.5 Å². The van der Waals surface area contributed by atoms with Crippen molar-refractivity contribution in [3.05, 3.63) is 0 Å². The van der Waals surface area contributed by atoms with E-state index < -0.39 is 18.2 Å². The number of rotatable bonds is 2. The Morgan fingerprint density at radius 2 is 1.29 bits per heavy atom. The molecule has 0 aromatic heterocycles. The van der Waals surface area contributed by atoms with E-state index in [2.05, 4.69) is 35.3 Å². The van der Waals surface area contributed by atoms with Crippen LogP contribution >= 0.6 is 24.4 Å². The largest absolute Gasteiger partial charge is 0.375 e. The van der Waals surface area contributed by atoms with Crippen molar-refractivity contribution in [2.75, 3.05) is 14.1 Å². The average Bonchev–Trinajstić information content (AvgIpc) is 2.16.